The number of nitrogens with zero attached hydrogens (tertiary/aromatic N) is 6. The van der Waals surface area contributed by atoms with E-state index in [4.69, 9.17) is 0 Å². The molecule has 162 valence electrons. The van der Waals surface area contributed by atoms with Crippen molar-refractivity contribution in [3.63, 3.8) is 0 Å². The molecular formula is C19H26N6O5. The number of fused-ring (bicyclic) bond motifs is 1. The van der Waals surface area contributed by atoms with E-state index in [2.05, 4.69) is 5.10 Å². The molecule has 0 aromatic carbocycles. The van der Waals surface area contributed by atoms with Gasteiger partial charge in [-0.2, -0.15) is 5.10 Å². The molecule has 1 aromatic heterocycles. The van der Waals surface area contributed by atoms with Gasteiger partial charge in [0, 0.05) is 52.0 Å². The Morgan fingerprint density at radius 1 is 0.733 bits per heavy atom. The normalized spacial score (nSPS) is 19.8. The Balaban J connectivity index is 1.30. The highest BCUT2D eigenvalue weighted by Crippen LogP contribution is 2.13. The number of aromatic nitrogens is 3. The molecule has 2 saturated heterocycles. The molecule has 0 radical (unpaired) electrons. The lowest BCUT2D eigenvalue weighted by Crippen LogP contribution is -2.53. The van der Waals surface area contributed by atoms with E-state index in [1.807, 2.05) is 0 Å². The molecular weight excluding hydrogens is 392 g/mol. The van der Waals surface area contributed by atoms with Crippen molar-refractivity contribution >= 4 is 23.6 Å². The van der Waals surface area contributed by atoms with Crippen molar-refractivity contribution in [1.82, 2.24) is 29.0 Å². The maximum Gasteiger partial charge on any atom is 0.346 e. The minimum atomic E-state index is -0.314. The van der Waals surface area contributed by atoms with E-state index in [-0.39, 0.29) is 55.2 Å². The molecule has 11 heteroatoms. The summed E-state index contributed by atoms with van der Waals surface area (Å²) in [7, 11) is 0. The van der Waals surface area contributed by atoms with Gasteiger partial charge in [0.25, 0.3) is 0 Å². The van der Waals surface area contributed by atoms with Gasteiger partial charge < -0.3 is 9.80 Å². The fourth-order valence-electron chi connectivity index (χ4n) is 4.20. The van der Waals surface area contributed by atoms with Gasteiger partial charge in [-0.3, -0.25) is 28.6 Å². The molecule has 0 saturated carbocycles. The second-order valence-electron chi connectivity index (χ2n) is 7.95. The standard InChI is InChI=1S/C19H26N6O5/c26-15-5-6-16(27)24(15)12-17(28)21-8-10-22(11-9-21)18(29)13-25-19(30)23-7-3-1-2-4-14(23)20-25/h1-13H2. The molecule has 3 aliphatic heterocycles. The maximum atomic E-state index is 12.7. The van der Waals surface area contributed by atoms with Crippen molar-refractivity contribution in [1.29, 1.82) is 0 Å². The van der Waals surface area contributed by atoms with Gasteiger partial charge in [-0.15, -0.1) is 0 Å². The summed E-state index contributed by atoms with van der Waals surface area (Å²) in [6.45, 7) is 1.64. The molecule has 0 N–H and O–H groups in total. The third kappa shape index (κ3) is 4.01. The van der Waals surface area contributed by atoms with Crippen LogP contribution >= 0.6 is 0 Å². The SMILES string of the molecule is O=C(CN1C(=O)CCC1=O)N1CCN(C(=O)Cn2nc3n(c2=O)CCCCC3)CC1. The summed E-state index contributed by atoms with van der Waals surface area (Å²) < 4.78 is 2.91. The van der Waals surface area contributed by atoms with Crippen LogP contribution in [0.25, 0.3) is 0 Å². The number of imide groups is 1. The molecule has 30 heavy (non-hydrogen) atoms. The summed E-state index contributed by atoms with van der Waals surface area (Å²) in [5.74, 6) is -0.383. The highest BCUT2D eigenvalue weighted by Gasteiger charge is 2.33. The van der Waals surface area contributed by atoms with E-state index < -0.39 is 0 Å². The Kier molecular flexibility index (Phi) is 5.69. The quantitative estimate of drug-likeness (QED) is 0.555. The summed E-state index contributed by atoms with van der Waals surface area (Å²) in [6.07, 6.45) is 4.08. The van der Waals surface area contributed by atoms with E-state index in [0.29, 0.717) is 32.7 Å². The molecule has 1 aromatic rings. The van der Waals surface area contributed by atoms with E-state index in [1.165, 1.54) is 4.68 Å². The molecule has 0 bridgehead atoms. The van der Waals surface area contributed by atoms with E-state index in [1.54, 1.807) is 14.4 Å². The van der Waals surface area contributed by atoms with Crippen LogP contribution in [0.4, 0.5) is 0 Å². The first-order chi connectivity index (χ1) is 14.4. The van der Waals surface area contributed by atoms with Gasteiger partial charge in [0.2, 0.25) is 23.6 Å². The van der Waals surface area contributed by atoms with Gasteiger partial charge in [-0.25, -0.2) is 9.48 Å². The minimum Gasteiger partial charge on any atom is -0.338 e. The second kappa shape index (κ2) is 8.41. The Bertz CT molecular complexity index is 910. The van der Waals surface area contributed by atoms with Crippen molar-refractivity contribution < 1.29 is 19.2 Å². The van der Waals surface area contributed by atoms with Crippen molar-refractivity contribution in [2.75, 3.05) is 32.7 Å². The third-order valence-electron chi connectivity index (χ3n) is 6.00. The lowest BCUT2D eigenvalue weighted by atomic mass is 10.2. The van der Waals surface area contributed by atoms with Crippen molar-refractivity contribution in [2.45, 2.75) is 51.6 Å². The van der Waals surface area contributed by atoms with Gasteiger partial charge in [0.05, 0.1) is 0 Å². The number of carbonyl (C=O) groups is 4. The van der Waals surface area contributed by atoms with E-state index in [0.717, 1.165) is 36.4 Å². The molecule has 0 spiro atoms. The number of likely N-dealkylation sites (tertiary alicyclic amines) is 1. The lowest BCUT2D eigenvalue weighted by Gasteiger charge is -2.35. The Hall–Kier alpha value is -2.98. The Morgan fingerprint density at radius 3 is 1.97 bits per heavy atom. The van der Waals surface area contributed by atoms with Gasteiger partial charge in [-0.1, -0.05) is 6.42 Å². The number of rotatable bonds is 4. The second-order valence-corrected chi connectivity index (χ2v) is 7.95. The predicted octanol–water partition coefficient (Wildman–Crippen LogP) is -1.41. The van der Waals surface area contributed by atoms with Crippen LogP contribution in [0.1, 0.15) is 37.9 Å². The zero-order valence-electron chi connectivity index (χ0n) is 16.9. The predicted molar refractivity (Wildman–Crippen MR) is 103 cm³/mol. The molecule has 3 aliphatic rings. The molecule has 0 unspecified atom stereocenters. The number of piperazine rings is 1. The molecule has 4 amide bonds. The van der Waals surface area contributed by atoms with Crippen LogP contribution in [0.15, 0.2) is 4.79 Å². The summed E-state index contributed by atoms with van der Waals surface area (Å²) in [4.78, 5) is 65.2. The van der Waals surface area contributed by atoms with Crippen molar-refractivity contribution in [3.05, 3.63) is 16.3 Å². The largest absolute Gasteiger partial charge is 0.346 e. The van der Waals surface area contributed by atoms with Crippen LogP contribution in [-0.2, 0) is 38.7 Å². The smallest absolute Gasteiger partial charge is 0.338 e. The van der Waals surface area contributed by atoms with Gasteiger partial charge in [-0.05, 0) is 12.8 Å². The number of hydrogen-bond donors (Lipinski definition) is 0. The number of carbonyl (C=O) groups excluding carboxylic acids is 4. The summed E-state index contributed by atoms with van der Waals surface area (Å²) >= 11 is 0. The molecule has 4 heterocycles. The highest BCUT2D eigenvalue weighted by molar-refractivity contribution is 6.04. The first-order valence-electron chi connectivity index (χ1n) is 10.5. The van der Waals surface area contributed by atoms with Crippen LogP contribution < -0.4 is 5.69 Å². The number of aryl methyl sites for hydroxylation is 1. The van der Waals surface area contributed by atoms with Crippen LogP contribution in [0.3, 0.4) is 0 Å². The zero-order chi connectivity index (χ0) is 21.3. The van der Waals surface area contributed by atoms with Crippen molar-refractivity contribution in [3.8, 4) is 0 Å². The highest BCUT2D eigenvalue weighted by atomic mass is 16.2. The molecule has 0 atom stereocenters. The first kappa shape index (κ1) is 20.3. The third-order valence-corrected chi connectivity index (χ3v) is 6.00. The molecule has 4 rings (SSSR count). The summed E-state index contributed by atoms with van der Waals surface area (Å²) in [5.41, 5.74) is -0.242. The van der Waals surface area contributed by atoms with Crippen LogP contribution in [0.2, 0.25) is 0 Å². The average Bonchev–Trinajstić information content (AvgIpc) is 3.09. The van der Waals surface area contributed by atoms with Gasteiger partial charge in [0.1, 0.15) is 18.9 Å². The van der Waals surface area contributed by atoms with Crippen LogP contribution in [0, 0.1) is 0 Å². The summed E-state index contributed by atoms with van der Waals surface area (Å²) in [6, 6.07) is 0. The fourth-order valence-corrected chi connectivity index (χ4v) is 4.20. The van der Waals surface area contributed by atoms with E-state index in [9.17, 15) is 24.0 Å². The lowest BCUT2D eigenvalue weighted by molar-refractivity contribution is -0.147. The van der Waals surface area contributed by atoms with Crippen LogP contribution in [-0.4, -0.2) is 85.4 Å². The number of hydrogen-bond acceptors (Lipinski definition) is 6. The first-order valence-corrected chi connectivity index (χ1v) is 10.5. The number of amides is 4. The van der Waals surface area contributed by atoms with E-state index >= 15 is 0 Å². The Labute approximate surface area is 173 Å². The van der Waals surface area contributed by atoms with Crippen LogP contribution in [0.5, 0.6) is 0 Å². The molecule has 2 fully saturated rings. The molecule has 0 aliphatic carbocycles. The summed E-state index contributed by atoms with van der Waals surface area (Å²) in [5, 5.41) is 4.35. The minimum absolute atomic E-state index is 0.108. The zero-order valence-corrected chi connectivity index (χ0v) is 16.9. The van der Waals surface area contributed by atoms with Gasteiger partial charge in [0.15, 0.2) is 0 Å². The Morgan fingerprint density at radius 2 is 1.33 bits per heavy atom. The average molecular weight is 418 g/mol. The monoisotopic (exact) mass is 418 g/mol. The topological polar surface area (TPSA) is 118 Å². The van der Waals surface area contributed by atoms with Crippen molar-refractivity contribution in [2.24, 2.45) is 0 Å². The fraction of sp³-hybridized carbons (Fsp3) is 0.684. The van der Waals surface area contributed by atoms with Gasteiger partial charge >= 0.3 is 5.69 Å². The molecule has 11 nitrogen and oxygen atoms in total. The maximum absolute atomic E-state index is 12.7.